The van der Waals surface area contributed by atoms with Crippen molar-refractivity contribution in [3.8, 4) is 0 Å². The van der Waals surface area contributed by atoms with Crippen molar-refractivity contribution in [2.24, 2.45) is 16.7 Å². The molecule has 0 aromatic carbocycles. The molecule has 2 rings (SSSR count). The number of hydrogen-bond donors (Lipinski definition) is 1. The van der Waals surface area contributed by atoms with Gasteiger partial charge in [-0.1, -0.05) is 39.5 Å². The Bertz CT molecular complexity index is 454. The fraction of sp³-hybridized carbons (Fsp3) is 0.750. The lowest BCUT2D eigenvalue weighted by Gasteiger charge is -2.06. The van der Waals surface area contributed by atoms with E-state index in [1.54, 1.807) is 6.33 Å². The van der Waals surface area contributed by atoms with Crippen molar-refractivity contribution in [3.63, 3.8) is 0 Å². The maximum Gasteiger partial charge on any atom is 0.313 e. The number of hydrogen-bond acceptors (Lipinski definition) is 4. The first kappa shape index (κ1) is 13.4. The lowest BCUT2D eigenvalue weighted by molar-refractivity contribution is -0.133. The SMILES string of the molecule is CC1(C)C(Cn2cnnc2SCC(=O)O)C1(C)C. The van der Waals surface area contributed by atoms with Crippen LogP contribution in [0.2, 0.25) is 0 Å². The third-order valence-corrected chi connectivity index (χ3v) is 5.57. The minimum atomic E-state index is -0.832. The molecule has 0 bridgehead atoms. The van der Waals surface area contributed by atoms with Crippen LogP contribution < -0.4 is 0 Å². The molecule has 0 radical (unpaired) electrons. The van der Waals surface area contributed by atoms with Gasteiger partial charge in [0.2, 0.25) is 0 Å². The second-order valence-electron chi connectivity index (χ2n) is 5.94. The van der Waals surface area contributed by atoms with Gasteiger partial charge in [0.05, 0.1) is 5.75 Å². The molecule has 0 spiro atoms. The first-order valence-corrected chi connectivity index (χ1v) is 6.98. The van der Waals surface area contributed by atoms with Crippen LogP contribution in [0, 0.1) is 16.7 Å². The smallest absolute Gasteiger partial charge is 0.313 e. The second-order valence-corrected chi connectivity index (χ2v) is 6.89. The summed E-state index contributed by atoms with van der Waals surface area (Å²) in [5, 5.41) is 17.2. The van der Waals surface area contributed by atoms with Gasteiger partial charge in [-0.15, -0.1) is 10.2 Å². The Labute approximate surface area is 111 Å². The van der Waals surface area contributed by atoms with Crippen molar-refractivity contribution >= 4 is 17.7 Å². The number of carbonyl (C=O) groups is 1. The van der Waals surface area contributed by atoms with Crippen LogP contribution in [0.15, 0.2) is 11.5 Å². The molecule has 0 atom stereocenters. The second kappa shape index (κ2) is 4.26. The van der Waals surface area contributed by atoms with Gasteiger partial charge >= 0.3 is 5.97 Å². The minimum absolute atomic E-state index is 0.0240. The van der Waals surface area contributed by atoms with Crippen molar-refractivity contribution in [2.75, 3.05) is 5.75 Å². The summed E-state index contributed by atoms with van der Waals surface area (Å²) in [5.74, 6) is -0.234. The fourth-order valence-electron chi connectivity index (χ4n) is 2.59. The molecule has 0 aliphatic heterocycles. The molecule has 0 amide bonds. The fourth-order valence-corrected chi connectivity index (χ4v) is 3.24. The van der Waals surface area contributed by atoms with Gasteiger partial charge in [-0.25, -0.2) is 0 Å². The standard InChI is InChI=1S/C12H19N3O2S/c1-11(2)8(12(11,3)4)5-15-7-13-14-10(15)18-6-9(16)17/h7-8H,5-6H2,1-4H3,(H,16,17). The molecule has 1 saturated carbocycles. The monoisotopic (exact) mass is 269 g/mol. The Morgan fingerprint density at radius 2 is 2.06 bits per heavy atom. The van der Waals surface area contributed by atoms with E-state index in [0.717, 1.165) is 6.54 Å². The number of nitrogens with zero attached hydrogens (tertiary/aromatic N) is 3. The molecule has 1 N–H and O–H groups in total. The molecule has 1 heterocycles. The first-order chi connectivity index (χ1) is 8.26. The lowest BCUT2D eigenvalue weighted by atomic mass is 10.0. The molecule has 18 heavy (non-hydrogen) atoms. The van der Waals surface area contributed by atoms with E-state index in [4.69, 9.17) is 5.11 Å². The van der Waals surface area contributed by atoms with Crippen LogP contribution in [-0.4, -0.2) is 31.6 Å². The van der Waals surface area contributed by atoms with Crippen LogP contribution in [0.5, 0.6) is 0 Å². The van der Waals surface area contributed by atoms with E-state index >= 15 is 0 Å². The highest BCUT2D eigenvalue weighted by Crippen LogP contribution is 2.68. The normalized spacial score (nSPS) is 20.9. The Morgan fingerprint density at radius 1 is 1.44 bits per heavy atom. The van der Waals surface area contributed by atoms with Gasteiger partial charge in [-0.2, -0.15) is 0 Å². The summed E-state index contributed by atoms with van der Waals surface area (Å²) in [7, 11) is 0. The predicted octanol–water partition coefficient (Wildman–Crippen LogP) is 2.14. The number of thioether (sulfide) groups is 1. The topological polar surface area (TPSA) is 68.0 Å². The third kappa shape index (κ3) is 2.13. The van der Waals surface area contributed by atoms with Crippen molar-refractivity contribution in [1.29, 1.82) is 0 Å². The van der Waals surface area contributed by atoms with Gasteiger partial charge in [0.15, 0.2) is 5.16 Å². The maximum absolute atomic E-state index is 10.6. The van der Waals surface area contributed by atoms with Crippen LogP contribution >= 0.6 is 11.8 Å². The highest BCUT2D eigenvalue weighted by molar-refractivity contribution is 7.99. The molecular weight excluding hydrogens is 250 g/mol. The summed E-state index contributed by atoms with van der Waals surface area (Å²) in [5.41, 5.74) is 0.623. The van der Waals surface area contributed by atoms with Gasteiger partial charge in [-0.05, 0) is 16.7 Å². The first-order valence-electron chi connectivity index (χ1n) is 5.99. The number of aromatic nitrogens is 3. The molecule has 0 unspecified atom stereocenters. The highest BCUT2D eigenvalue weighted by Gasteiger charge is 2.64. The number of carboxylic acid groups (broad SMARTS) is 1. The average Bonchev–Trinajstić information content (AvgIpc) is 2.64. The Kier molecular flexibility index (Phi) is 3.17. The zero-order valence-electron chi connectivity index (χ0n) is 11.2. The molecule has 1 aromatic rings. The van der Waals surface area contributed by atoms with Crippen molar-refractivity contribution in [3.05, 3.63) is 6.33 Å². The summed E-state index contributed by atoms with van der Waals surface area (Å²) >= 11 is 1.22. The molecule has 1 aromatic heterocycles. The molecular formula is C12H19N3O2S. The van der Waals surface area contributed by atoms with E-state index in [1.807, 2.05) is 4.57 Å². The summed E-state index contributed by atoms with van der Waals surface area (Å²) in [6.07, 6.45) is 1.69. The summed E-state index contributed by atoms with van der Waals surface area (Å²) in [6.45, 7) is 9.94. The number of aliphatic carboxylic acids is 1. The van der Waals surface area contributed by atoms with E-state index < -0.39 is 5.97 Å². The molecule has 1 fully saturated rings. The average molecular weight is 269 g/mol. The summed E-state index contributed by atoms with van der Waals surface area (Å²) in [4.78, 5) is 10.6. The van der Waals surface area contributed by atoms with Crippen LogP contribution in [0.25, 0.3) is 0 Å². The van der Waals surface area contributed by atoms with Crippen LogP contribution in [-0.2, 0) is 11.3 Å². The molecule has 100 valence electrons. The Morgan fingerprint density at radius 3 is 2.56 bits per heavy atom. The van der Waals surface area contributed by atoms with E-state index in [0.29, 0.717) is 21.9 Å². The van der Waals surface area contributed by atoms with Crippen LogP contribution in [0.4, 0.5) is 0 Å². The van der Waals surface area contributed by atoms with E-state index in [-0.39, 0.29) is 5.75 Å². The van der Waals surface area contributed by atoms with Crippen molar-refractivity contribution in [1.82, 2.24) is 14.8 Å². The van der Waals surface area contributed by atoms with Gasteiger partial charge in [0.25, 0.3) is 0 Å². The largest absolute Gasteiger partial charge is 0.481 e. The molecule has 6 heteroatoms. The Hall–Kier alpha value is -1.04. The van der Waals surface area contributed by atoms with E-state index in [9.17, 15) is 4.79 Å². The van der Waals surface area contributed by atoms with Crippen LogP contribution in [0.1, 0.15) is 27.7 Å². The van der Waals surface area contributed by atoms with Gasteiger partial charge in [0, 0.05) is 6.54 Å². The van der Waals surface area contributed by atoms with Crippen molar-refractivity contribution in [2.45, 2.75) is 39.4 Å². The number of rotatable bonds is 5. The highest BCUT2D eigenvalue weighted by atomic mass is 32.2. The van der Waals surface area contributed by atoms with Crippen molar-refractivity contribution < 1.29 is 9.90 Å². The lowest BCUT2D eigenvalue weighted by Crippen LogP contribution is -2.06. The van der Waals surface area contributed by atoms with Gasteiger partial charge in [-0.3, -0.25) is 4.79 Å². The summed E-state index contributed by atoms with van der Waals surface area (Å²) < 4.78 is 1.97. The number of carboxylic acids is 1. The third-order valence-electron chi connectivity index (χ3n) is 4.60. The molecule has 5 nitrogen and oxygen atoms in total. The zero-order valence-corrected chi connectivity index (χ0v) is 12.0. The van der Waals surface area contributed by atoms with E-state index in [2.05, 4.69) is 37.9 Å². The maximum atomic E-state index is 10.6. The molecule has 1 aliphatic carbocycles. The Balaban J connectivity index is 2.03. The molecule has 1 aliphatic rings. The van der Waals surface area contributed by atoms with E-state index in [1.165, 1.54) is 11.8 Å². The van der Waals surface area contributed by atoms with Gasteiger partial charge in [0.1, 0.15) is 6.33 Å². The van der Waals surface area contributed by atoms with Gasteiger partial charge < -0.3 is 9.67 Å². The van der Waals surface area contributed by atoms with Crippen LogP contribution in [0.3, 0.4) is 0 Å². The minimum Gasteiger partial charge on any atom is -0.481 e. The summed E-state index contributed by atoms with van der Waals surface area (Å²) in [6, 6.07) is 0. The zero-order chi connectivity index (χ0) is 13.6. The molecule has 0 saturated heterocycles. The predicted molar refractivity (Wildman–Crippen MR) is 69.4 cm³/mol. The quantitative estimate of drug-likeness (QED) is 0.829.